The second kappa shape index (κ2) is 11.1. The van der Waals surface area contributed by atoms with E-state index in [0.717, 1.165) is 58.6 Å². The lowest BCUT2D eigenvalue weighted by Crippen LogP contribution is -2.39. The SMILES string of the molecule is CCC(c1nnnn1Cc1ccc(OC)cc1)N(Cc1cc2ccc(OC)cc2[nH]c1=O)C1CCCC1. The lowest BCUT2D eigenvalue weighted by molar-refractivity contribution is 0.112. The molecule has 1 aliphatic rings. The van der Waals surface area contributed by atoms with Crippen molar-refractivity contribution in [2.24, 2.45) is 0 Å². The average molecular weight is 503 g/mol. The Balaban J connectivity index is 1.46. The van der Waals surface area contributed by atoms with E-state index in [1.807, 2.05) is 53.2 Å². The molecular formula is C28H34N6O3. The average Bonchev–Trinajstić information content (AvgIpc) is 3.62. The van der Waals surface area contributed by atoms with Gasteiger partial charge in [0.2, 0.25) is 0 Å². The number of tetrazole rings is 1. The van der Waals surface area contributed by atoms with E-state index in [9.17, 15) is 4.79 Å². The molecule has 1 N–H and O–H groups in total. The quantitative estimate of drug-likeness (QED) is 0.341. The van der Waals surface area contributed by atoms with Gasteiger partial charge < -0.3 is 14.5 Å². The van der Waals surface area contributed by atoms with E-state index in [1.165, 1.54) is 12.8 Å². The molecule has 1 saturated carbocycles. The summed E-state index contributed by atoms with van der Waals surface area (Å²) in [5.74, 6) is 2.36. The van der Waals surface area contributed by atoms with Crippen LogP contribution < -0.4 is 15.0 Å². The first-order valence-corrected chi connectivity index (χ1v) is 12.9. The molecule has 0 bridgehead atoms. The van der Waals surface area contributed by atoms with Crippen LogP contribution in [-0.4, -0.2) is 50.4 Å². The number of ether oxygens (including phenoxy) is 2. The minimum absolute atomic E-state index is 0.0117. The van der Waals surface area contributed by atoms with Gasteiger partial charge in [-0.15, -0.1) is 5.10 Å². The summed E-state index contributed by atoms with van der Waals surface area (Å²) in [6.45, 7) is 3.27. The molecule has 1 aliphatic carbocycles. The van der Waals surface area contributed by atoms with Gasteiger partial charge in [0.1, 0.15) is 11.5 Å². The van der Waals surface area contributed by atoms with Gasteiger partial charge in [-0.3, -0.25) is 9.69 Å². The predicted octanol–water partition coefficient (Wildman–Crippen LogP) is 4.48. The maximum Gasteiger partial charge on any atom is 0.252 e. The monoisotopic (exact) mass is 502 g/mol. The first-order valence-electron chi connectivity index (χ1n) is 12.9. The van der Waals surface area contributed by atoms with Gasteiger partial charge in [0.25, 0.3) is 5.56 Å². The third kappa shape index (κ3) is 5.36. The lowest BCUT2D eigenvalue weighted by atomic mass is 10.0. The second-order valence-electron chi connectivity index (χ2n) is 9.65. The van der Waals surface area contributed by atoms with Crippen LogP contribution in [-0.2, 0) is 13.1 Å². The van der Waals surface area contributed by atoms with E-state index in [1.54, 1.807) is 14.2 Å². The van der Waals surface area contributed by atoms with Crippen LogP contribution in [0.15, 0.2) is 53.3 Å². The van der Waals surface area contributed by atoms with Crippen molar-refractivity contribution in [2.45, 2.75) is 64.2 Å². The molecule has 1 unspecified atom stereocenters. The van der Waals surface area contributed by atoms with Gasteiger partial charge in [0.05, 0.1) is 32.3 Å². The van der Waals surface area contributed by atoms with Crippen molar-refractivity contribution in [2.75, 3.05) is 14.2 Å². The number of pyridine rings is 1. The molecule has 5 rings (SSSR count). The van der Waals surface area contributed by atoms with Gasteiger partial charge in [-0.05, 0) is 71.0 Å². The number of hydrogen-bond acceptors (Lipinski definition) is 7. The van der Waals surface area contributed by atoms with E-state index in [2.05, 4.69) is 32.3 Å². The summed E-state index contributed by atoms with van der Waals surface area (Å²) in [7, 11) is 3.29. The molecule has 4 aromatic rings. The Hall–Kier alpha value is -3.72. The molecular weight excluding hydrogens is 468 g/mol. The van der Waals surface area contributed by atoms with Gasteiger partial charge in [-0.2, -0.15) is 0 Å². The van der Waals surface area contributed by atoms with E-state index in [4.69, 9.17) is 9.47 Å². The number of methoxy groups -OCH3 is 2. The number of nitrogens with zero attached hydrogens (tertiary/aromatic N) is 5. The molecule has 1 fully saturated rings. The number of H-pyrrole nitrogens is 1. The lowest BCUT2D eigenvalue weighted by Gasteiger charge is -2.35. The number of fused-ring (bicyclic) bond motifs is 1. The molecule has 0 spiro atoms. The highest BCUT2D eigenvalue weighted by Gasteiger charge is 2.32. The predicted molar refractivity (Wildman–Crippen MR) is 142 cm³/mol. The van der Waals surface area contributed by atoms with Crippen molar-refractivity contribution in [3.05, 3.63) is 75.8 Å². The number of nitrogens with one attached hydrogen (secondary N) is 1. The minimum Gasteiger partial charge on any atom is -0.497 e. The normalized spacial score (nSPS) is 14.9. The number of aromatic nitrogens is 5. The fourth-order valence-electron chi connectivity index (χ4n) is 5.43. The molecule has 9 nitrogen and oxygen atoms in total. The van der Waals surface area contributed by atoms with Gasteiger partial charge in [0.15, 0.2) is 5.82 Å². The first-order chi connectivity index (χ1) is 18.1. The van der Waals surface area contributed by atoms with Crippen LogP contribution in [0.5, 0.6) is 11.5 Å². The summed E-state index contributed by atoms with van der Waals surface area (Å²) in [5.41, 5.74) is 2.54. The van der Waals surface area contributed by atoms with Crippen LogP contribution in [0.25, 0.3) is 10.9 Å². The van der Waals surface area contributed by atoms with Crippen LogP contribution in [0.1, 0.15) is 62.0 Å². The molecule has 2 heterocycles. The van der Waals surface area contributed by atoms with E-state index < -0.39 is 0 Å². The van der Waals surface area contributed by atoms with E-state index in [0.29, 0.717) is 19.1 Å². The van der Waals surface area contributed by atoms with Crippen molar-refractivity contribution in [1.82, 2.24) is 30.1 Å². The first kappa shape index (κ1) is 25.0. The molecule has 0 aliphatic heterocycles. The van der Waals surface area contributed by atoms with Gasteiger partial charge in [-0.1, -0.05) is 31.9 Å². The summed E-state index contributed by atoms with van der Waals surface area (Å²) in [6, 6.07) is 16.1. The highest BCUT2D eigenvalue weighted by Crippen LogP contribution is 2.34. The van der Waals surface area contributed by atoms with Gasteiger partial charge in [-0.25, -0.2) is 4.68 Å². The van der Waals surface area contributed by atoms with Crippen molar-refractivity contribution in [3.63, 3.8) is 0 Å². The van der Waals surface area contributed by atoms with Crippen LogP contribution in [0, 0.1) is 0 Å². The van der Waals surface area contributed by atoms with E-state index >= 15 is 0 Å². The van der Waals surface area contributed by atoms with Gasteiger partial charge in [0, 0.05) is 24.2 Å². The Kier molecular flexibility index (Phi) is 7.50. The number of rotatable bonds is 10. The molecule has 2 aromatic heterocycles. The topological polar surface area (TPSA) is 98.2 Å². The van der Waals surface area contributed by atoms with Crippen molar-refractivity contribution in [1.29, 1.82) is 0 Å². The summed E-state index contributed by atoms with van der Waals surface area (Å²) >= 11 is 0. The zero-order valence-electron chi connectivity index (χ0n) is 21.7. The zero-order valence-corrected chi connectivity index (χ0v) is 21.7. The molecule has 194 valence electrons. The van der Waals surface area contributed by atoms with Crippen LogP contribution in [0.3, 0.4) is 0 Å². The third-order valence-corrected chi connectivity index (χ3v) is 7.41. The maximum atomic E-state index is 13.2. The molecule has 0 amide bonds. The Morgan fingerprint density at radius 1 is 1.05 bits per heavy atom. The molecule has 2 aromatic carbocycles. The smallest absolute Gasteiger partial charge is 0.252 e. The molecule has 0 saturated heterocycles. The largest absolute Gasteiger partial charge is 0.497 e. The van der Waals surface area contributed by atoms with Gasteiger partial charge >= 0.3 is 0 Å². The Labute approximate surface area is 216 Å². The summed E-state index contributed by atoms with van der Waals surface area (Å²) < 4.78 is 12.5. The molecule has 37 heavy (non-hydrogen) atoms. The molecule has 0 radical (unpaired) electrons. The number of hydrogen-bond donors (Lipinski definition) is 1. The van der Waals surface area contributed by atoms with Crippen LogP contribution >= 0.6 is 0 Å². The minimum atomic E-state index is -0.0728. The summed E-state index contributed by atoms with van der Waals surface area (Å²) in [5, 5.41) is 13.8. The fraction of sp³-hybridized carbons (Fsp3) is 0.429. The van der Waals surface area contributed by atoms with Crippen molar-refractivity contribution in [3.8, 4) is 11.5 Å². The maximum absolute atomic E-state index is 13.2. The number of aromatic amines is 1. The zero-order chi connectivity index (χ0) is 25.8. The summed E-state index contributed by atoms with van der Waals surface area (Å²) in [6.07, 6.45) is 5.45. The molecule has 1 atom stereocenters. The number of benzene rings is 2. The van der Waals surface area contributed by atoms with Crippen LogP contribution in [0.4, 0.5) is 0 Å². The Morgan fingerprint density at radius 2 is 1.78 bits per heavy atom. The highest BCUT2D eigenvalue weighted by molar-refractivity contribution is 5.80. The Bertz CT molecular complexity index is 1390. The van der Waals surface area contributed by atoms with E-state index in [-0.39, 0.29) is 11.6 Å². The second-order valence-corrected chi connectivity index (χ2v) is 9.65. The van der Waals surface area contributed by atoms with Crippen molar-refractivity contribution < 1.29 is 9.47 Å². The Morgan fingerprint density at radius 3 is 2.49 bits per heavy atom. The summed E-state index contributed by atoms with van der Waals surface area (Å²) in [4.78, 5) is 18.7. The fourth-order valence-corrected chi connectivity index (χ4v) is 5.43. The third-order valence-electron chi connectivity index (χ3n) is 7.41. The van der Waals surface area contributed by atoms with Crippen LogP contribution in [0.2, 0.25) is 0 Å². The standard InChI is InChI=1S/C28H34N6O3/c1-4-26(27-30-31-32-34(27)17-19-9-12-23(36-2)13-10-19)33(22-7-5-6-8-22)18-21-15-20-11-14-24(37-3)16-25(20)29-28(21)35/h9-16,22,26H,4-8,17-18H2,1-3H3,(H,29,35). The molecule has 9 heteroatoms. The highest BCUT2D eigenvalue weighted by atomic mass is 16.5. The van der Waals surface area contributed by atoms with Crippen molar-refractivity contribution >= 4 is 10.9 Å².